The van der Waals surface area contributed by atoms with Gasteiger partial charge in [-0.25, -0.2) is 4.79 Å². The van der Waals surface area contributed by atoms with Crippen molar-refractivity contribution in [3.63, 3.8) is 0 Å². The molecule has 0 radical (unpaired) electrons. The molecule has 4 nitrogen and oxygen atoms in total. The van der Waals surface area contributed by atoms with E-state index in [1.165, 1.54) is 0 Å². The molecule has 0 saturated carbocycles. The Labute approximate surface area is 77.2 Å². The van der Waals surface area contributed by atoms with Gasteiger partial charge in [0, 0.05) is 18.6 Å². The zero-order chi connectivity index (χ0) is 9.42. The van der Waals surface area contributed by atoms with Crippen LogP contribution in [-0.4, -0.2) is 40.8 Å². The first-order valence-electron chi connectivity index (χ1n) is 4.61. The number of rotatable bonds is 1. The van der Waals surface area contributed by atoms with E-state index >= 15 is 0 Å². The molecule has 2 saturated heterocycles. The van der Waals surface area contributed by atoms with Gasteiger partial charge < -0.3 is 10.4 Å². The number of carbonyl (C=O) groups is 1. The Bertz CT molecular complexity index is 242. The summed E-state index contributed by atoms with van der Waals surface area (Å²) in [7, 11) is 0. The summed E-state index contributed by atoms with van der Waals surface area (Å²) in [5.74, 6) is 0. The monoisotopic (exact) mass is 182 g/mol. The van der Waals surface area contributed by atoms with Crippen LogP contribution >= 0.6 is 0 Å². The van der Waals surface area contributed by atoms with Crippen LogP contribution in [0.2, 0.25) is 0 Å². The van der Waals surface area contributed by atoms with Gasteiger partial charge in [-0.1, -0.05) is 6.08 Å². The van der Waals surface area contributed by atoms with Crippen LogP contribution in [-0.2, 0) is 0 Å². The van der Waals surface area contributed by atoms with E-state index in [4.69, 9.17) is 5.11 Å². The molecule has 2 heterocycles. The summed E-state index contributed by atoms with van der Waals surface area (Å²) >= 11 is 0. The van der Waals surface area contributed by atoms with Crippen molar-refractivity contribution in [2.75, 3.05) is 6.54 Å². The molecule has 2 fully saturated rings. The maximum Gasteiger partial charge on any atom is 0.407 e. The molecule has 0 aromatic carbocycles. The third-order valence-corrected chi connectivity index (χ3v) is 3.02. The van der Waals surface area contributed by atoms with E-state index in [0.717, 1.165) is 19.4 Å². The molecule has 72 valence electrons. The molecule has 2 bridgehead atoms. The van der Waals surface area contributed by atoms with Gasteiger partial charge in [0.15, 0.2) is 0 Å². The van der Waals surface area contributed by atoms with Crippen molar-refractivity contribution in [3.05, 3.63) is 12.7 Å². The molecule has 3 atom stereocenters. The molecule has 2 rings (SSSR count). The van der Waals surface area contributed by atoms with Gasteiger partial charge in [0.1, 0.15) is 0 Å². The lowest BCUT2D eigenvalue weighted by Crippen LogP contribution is -2.58. The van der Waals surface area contributed by atoms with Crippen LogP contribution in [0, 0.1) is 0 Å². The van der Waals surface area contributed by atoms with Crippen LogP contribution in [0.25, 0.3) is 0 Å². The van der Waals surface area contributed by atoms with Crippen molar-refractivity contribution in [2.45, 2.75) is 31.0 Å². The van der Waals surface area contributed by atoms with Gasteiger partial charge in [0.25, 0.3) is 0 Å². The van der Waals surface area contributed by atoms with Crippen molar-refractivity contribution < 1.29 is 9.90 Å². The standard InChI is InChI=1S/C9H14N2O2/c1-2-7-8-4-3-6(5-10-7)11(8)9(12)13/h2,6-8,10H,1,3-5H2,(H,12,13)/t6-,7-,8+/m1/s1. The molecule has 0 spiro atoms. The van der Waals surface area contributed by atoms with E-state index in [0.29, 0.717) is 0 Å². The maximum atomic E-state index is 10.9. The first kappa shape index (κ1) is 8.56. The highest BCUT2D eigenvalue weighted by Gasteiger charge is 2.43. The summed E-state index contributed by atoms with van der Waals surface area (Å²) in [6, 6.07) is 0.419. The highest BCUT2D eigenvalue weighted by molar-refractivity contribution is 5.67. The topological polar surface area (TPSA) is 52.6 Å². The number of carboxylic acid groups (broad SMARTS) is 1. The van der Waals surface area contributed by atoms with Gasteiger partial charge in [-0.3, -0.25) is 4.90 Å². The van der Waals surface area contributed by atoms with E-state index in [1.807, 2.05) is 6.08 Å². The van der Waals surface area contributed by atoms with Crippen molar-refractivity contribution >= 4 is 6.09 Å². The predicted octanol–water partition coefficient (Wildman–Crippen LogP) is 0.655. The Morgan fingerprint density at radius 3 is 3.00 bits per heavy atom. The second-order valence-corrected chi connectivity index (χ2v) is 3.66. The second-order valence-electron chi connectivity index (χ2n) is 3.66. The summed E-state index contributed by atoms with van der Waals surface area (Å²) < 4.78 is 0. The Hall–Kier alpha value is -1.03. The van der Waals surface area contributed by atoms with Gasteiger partial charge >= 0.3 is 6.09 Å². The minimum absolute atomic E-state index is 0.105. The SMILES string of the molecule is C=C[C@H]1NC[C@H]2CC[C@@H]1N2C(=O)O. The quantitative estimate of drug-likeness (QED) is 0.585. The molecule has 0 unspecified atom stereocenters. The Kier molecular flexibility index (Phi) is 2.00. The smallest absolute Gasteiger partial charge is 0.407 e. The summed E-state index contributed by atoms with van der Waals surface area (Å²) in [6.45, 7) is 4.48. The second kappa shape index (κ2) is 3.03. The minimum atomic E-state index is -0.791. The summed E-state index contributed by atoms with van der Waals surface area (Å²) in [5.41, 5.74) is 0. The number of hydrogen-bond donors (Lipinski definition) is 2. The largest absolute Gasteiger partial charge is 0.465 e. The van der Waals surface area contributed by atoms with Crippen LogP contribution in [0.15, 0.2) is 12.7 Å². The van der Waals surface area contributed by atoms with Crippen LogP contribution < -0.4 is 5.32 Å². The van der Waals surface area contributed by atoms with Gasteiger partial charge in [-0.15, -0.1) is 6.58 Å². The minimum Gasteiger partial charge on any atom is -0.465 e. The molecular weight excluding hydrogens is 168 g/mol. The number of amides is 1. The molecule has 2 N–H and O–H groups in total. The summed E-state index contributed by atoms with van der Waals surface area (Å²) in [4.78, 5) is 12.5. The average Bonchev–Trinajstić information content (AvgIpc) is 2.42. The van der Waals surface area contributed by atoms with Gasteiger partial charge in [0.05, 0.1) is 6.04 Å². The Balaban J connectivity index is 2.20. The molecule has 0 aliphatic carbocycles. The fraction of sp³-hybridized carbons (Fsp3) is 0.667. The van der Waals surface area contributed by atoms with Gasteiger partial charge in [-0.05, 0) is 12.8 Å². The van der Waals surface area contributed by atoms with Gasteiger partial charge in [-0.2, -0.15) is 0 Å². The number of nitrogens with one attached hydrogen (secondary N) is 1. The summed E-state index contributed by atoms with van der Waals surface area (Å²) in [5, 5.41) is 12.3. The molecule has 0 aromatic rings. The molecular formula is C9H14N2O2. The third-order valence-electron chi connectivity index (χ3n) is 3.02. The third kappa shape index (κ3) is 1.21. The number of hydrogen-bond acceptors (Lipinski definition) is 2. The van der Waals surface area contributed by atoms with Crippen LogP contribution in [0.5, 0.6) is 0 Å². The molecule has 0 aromatic heterocycles. The molecule has 1 amide bonds. The first-order valence-corrected chi connectivity index (χ1v) is 4.61. The van der Waals surface area contributed by atoms with E-state index in [-0.39, 0.29) is 18.1 Å². The molecule has 2 aliphatic rings. The van der Waals surface area contributed by atoms with Crippen molar-refractivity contribution in [1.29, 1.82) is 0 Å². The number of piperazine rings is 1. The fourth-order valence-corrected chi connectivity index (χ4v) is 2.41. The van der Waals surface area contributed by atoms with Crippen molar-refractivity contribution in [3.8, 4) is 0 Å². The zero-order valence-electron chi connectivity index (χ0n) is 7.44. The Morgan fingerprint density at radius 1 is 1.62 bits per heavy atom. The van der Waals surface area contributed by atoms with Crippen LogP contribution in [0.1, 0.15) is 12.8 Å². The number of nitrogens with zero attached hydrogens (tertiary/aromatic N) is 1. The van der Waals surface area contributed by atoms with Crippen molar-refractivity contribution in [1.82, 2.24) is 10.2 Å². The van der Waals surface area contributed by atoms with Gasteiger partial charge in [0.2, 0.25) is 0 Å². The van der Waals surface area contributed by atoms with Crippen LogP contribution in [0.3, 0.4) is 0 Å². The zero-order valence-corrected chi connectivity index (χ0v) is 7.44. The average molecular weight is 182 g/mol. The lowest BCUT2D eigenvalue weighted by atomic mass is 10.1. The van der Waals surface area contributed by atoms with E-state index in [9.17, 15) is 4.79 Å². The fourth-order valence-electron chi connectivity index (χ4n) is 2.41. The highest BCUT2D eigenvalue weighted by Crippen LogP contribution is 2.29. The lowest BCUT2D eigenvalue weighted by molar-refractivity contribution is 0.0990. The maximum absolute atomic E-state index is 10.9. The normalized spacial score (nSPS) is 37.5. The van der Waals surface area contributed by atoms with Crippen molar-refractivity contribution in [2.24, 2.45) is 0 Å². The molecule has 4 heteroatoms. The Morgan fingerprint density at radius 2 is 2.38 bits per heavy atom. The molecule has 2 aliphatic heterocycles. The summed E-state index contributed by atoms with van der Waals surface area (Å²) in [6.07, 6.45) is 2.96. The van der Waals surface area contributed by atoms with E-state index < -0.39 is 6.09 Å². The molecule has 13 heavy (non-hydrogen) atoms. The lowest BCUT2D eigenvalue weighted by Gasteiger charge is -2.37. The first-order chi connectivity index (χ1) is 6.24. The number of fused-ring (bicyclic) bond motifs is 2. The van der Waals surface area contributed by atoms with E-state index in [2.05, 4.69) is 11.9 Å². The van der Waals surface area contributed by atoms with E-state index in [1.54, 1.807) is 4.90 Å². The highest BCUT2D eigenvalue weighted by atomic mass is 16.4. The van der Waals surface area contributed by atoms with Crippen LogP contribution in [0.4, 0.5) is 4.79 Å². The predicted molar refractivity (Wildman–Crippen MR) is 48.7 cm³/mol.